The lowest BCUT2D eigenvalue weighted by Crippen LogP contribution is -2.28. The van der Waals surface area contributed by atoms with E-state index in [0.29, 0.717) is 24.6 Å². The van der Waals surface area contributed by atoms with Crippen LogP contribution >= 0.6 is 0 Å². The number of hydrogen-bond donors (Lipinski definition) is 2. The monoisotopic (exact) mass is 339 g/mol. The molecule has 1 aliphatic heterocycles. The summed E-state index contributed by atoms with van der Waals surface area (Å²) in [6.45, 7) is 2.81. The molecule has 2 aromatic rings. The largest absolute Gasteiger partial charge is 0.381 e. The van der Waals surface area contributed by atoms with Crippen molar-refractivity contribution in [1.82, 2.24) is 4.98 Å². The lowest BCUT2D eigenvalue weighted by molar-refractivity contribution is -0.122. The zero-order valence-corrected chi connectivity index (χ0v) is 14.1. The van der Waals surface area contributed by atoms with Crippen molar-refractivity contribution in [2.45, 2.75) is 19.8 Å². The molecule has 0 bridgehead atoms. The Kier molecular flexibility index (Phi) is 5.40. The van der Waals surface area contributed by atoms with Crippen molar-refractivity contribution < 1.29 is 14.3 Å². The molecule has 1 aliphatic rings. The van der Waals surface area contributed by atoms with E-state index < -0.39 is 0 Å². The van der Waals surface area contributed by atoms with Gasteiger partial charge in [0, 0.05) is 30.4 Å². The Balaban J connectivity index is 1.58. The minimum Gasteiger partial charge on any atom is -0.381 e. The highest BCUT2D eigenvalue weighted by molar-refractivity contribution is 5.94. The van der Waals surface area contributed by atoms with Crippen LogP contribution in [0.25, 0.3) is 0 Å². The van der Waals surface area contributed by atoms with Crippen molar-refractivity contribution in [2.24, 2.45) is 5.92 Å². The molecule has 0 saturated carbocycles. The molecule has 0 aliphatic carbocycles. The highest BCUT2D eigenvalue weighted by atomic mass is 16.5. The van der Waals surface area contributed by atoms with Crippen LogP contribution in [0.15, 0.2) is 42.6 Å². The molecule has 2 heterocycles. The maximum Gasteiger partial charge on any atom is 0.228 e. The Morgan fingerprint density at radius 2 is 1.72 bits per heavy atom. The van der Waals surface area contributed by atoms with Crippen LogP contribution in [0.1, 0.15) is 30.1 Å². The SMILES string of the molecule is CC(=O)c1ccc(Nc2ccc(NC(=O)C3CCOCC3)nc2)cc1. The average Bonchev–Trinajstić information content (AvgIpc) is 2.64. The fourth-order valence-corrected chi connectivity index (χ4v) is 2.68. The molecule has 130 valence electrons. The van der Waals surface area contributed by atoms with Gasteiger partial charge in [0.05, 0.1) is 11.9 Å². The van der Waals surface area contributed by atoms with Crippen LogP contribution in [-0.2, 0) is 9.53 Å². The van der Waals surface area contributed by atoms with Crippen LogP contribution < -0.4 is 10.6 Å². The number of pyridine rings is 1. The number of ether oxygens (including phenoxy) is 1. The van der Waals surface area contributed by atoms with Gasteiger partial charge in [0.1, 0.15) is 5.82 Å². The molecular weight excluding hydrogens is 318 g/mol. The van der Waals surface area contributed by atoms with Gasteiger partial charge in [-0.3, -0.25) is 9.59 Å². The summed E-state index contributed by atoms with van der Waals surface area (Å²) >= 11 is 0. The maximum atomic E-state index is 12.2. The predicted octanol–water partition coefficient (Wildman–Crippen LogP) is 3.39. The van der Waals surface area contributed by atoms with E-state index in [2.05, 4.69) is 15.6 Å². The normalized spacial score (nSPS) is 14.8. The number of amides is 1. The topological polar surface area (TPSA) is 80.3 Å². The third-order valence-corrected chi connectivity index (χ3v) is 4.19. The first-order chi connectivity index (χ1) is 12.1. The molecule has 1 amide bonds. The number of Topliss-reactive ketones (excluding diaryl/α,β-unsaturated/α-hetero) is 1. The first kappa shape index (κ1) is 17.1. The molecule has 0 radical (unpaired) electrons. The third kappa shape index (κ3) is 4.64. The lowest BCUT2D eigenvalue weighted by Gasteiger charge is -2.20. The number of rotatable bonds is 5. The molecule has 1 aromatic heterocycles. The second-order valence-corrected chi connectivity index (χ2v) is 6.07. The van der Waals surface area contributed by atoms with Crippen LogP contribution in [0.4, 0.5) is 17.2 Å². The quantitative estimate of drug-likeness (QED) is 0.816. The van der Waals surface area contributed by atoms with E-state index in [0.717, 1.165) is 24.2 Å². The Morgan fingerprint density at radius 1 is 1.04 bits per heavy atom. The molecule has 2 N–H and O–H groups in total. The van der Waals surface area contributed by atoms with Crippen molar-refractivity contribution in [1.29, 1.82) is 0 Å². The molecule has 6 heteroatoms. The van der Waals surface area contributed by atoms with Gasteiger partial charge >= 0.3 is 0 Å². The summed E-state index contributed by atoms with van der Waals surface area (Å²) < 4.78 is 5.27. The van der Waals surface area contributed by atoms with Gasteiger partial charge in [-0.2, -0.15) is 0 Å². The van der Waals surface area contributed by atoms with E-state index in [1.54, 1.807) is 31.3 Å². The maximum absolute atomic E-state index is 12.2. The summed E-state index contributed by atoms with van der Waals surface area (Å²) in [7, 11) is 0. The summed E-state index contributed by atoms with van der Waals surface area (Å²) in [5, 5.41) is 6.06. The summed E-state index contributed by atoms with van der Waals surface area (Å²) in [5.41, 5.74) is 2.35. The van der Waals surface area contributed by atoms with Crippen molar-refractivity contribution >= 4 is 28.9 Å². The predicted molar refractivity (Wildman–Crippen MR) is 96.1 cm³/mol. The van der Waals surface area contributed by atoms with Crippen molar-refractivity contribution in [3.05, 3.63) is 48.2 Å². The number of carbonyl (C=O) groups excluding carboxylic acids is 2. The summed E-state index contributed by atoms with van der Waals surface area (Å²) in [5.74, 6) is 0.566. The Morgan fingerprint density at radius 3 is 2.32 bits per heavy atom. The number of carbonyl (C=O) groups is 2. The van der Waals surface area contributed by atoms with Gasteiger partial charge in [-0.1, -0.05) is 0 Å². The second-order valence-electron chi connectivity index (χ2n) is 6.07. The van der Waals surface area contributed by atoms with Gasteiger partial charge in [-0.25, -0.2) is 4.98 Å². The van der Waals surface area contributed by atoms with Gasteiger partial charge in [0.2, 0.25) is 5.91 Å². The summed E-state index contributed by atoms with van der Waals surface area (Å²) in [6, 6.07) is 10.9. The van der Waals surface area contributed by atoms with E-state index in [1.807, 2.05) is 18.2 Å². The minimum atomic E-state index is -0.00635. The first-order valence-electron chi connectivity index (χ1n) is 8.34. The van der Waals surface area contributed by atoms with Crippen LogP contribution in [0.5, 0.6) is 0 Å². The molecule has 3 rings (SSSR count). The van der Waals surface area contributed by atoms with Gasteiger partial charge in [0.25, 0.3) is 0 Å². The van der Waals surface area contributed by atoms with Gasteiger partial charge in [-0.15, -0.1) is 0 Å². The van der Waals surface area contributed by atoms with Crippen LogP contribution in [-0.4, -0.2) is 29.9 Å². The Labute approximate surface area is 146 Å². The first-order valence-corrected chi connectivity index (χ1v) is 8.34. The Bertz CT molecular complexity index is 736. The molecule has 1 aromatic carbocycles. The van der Waals surface area contributed by atoms with E-state index in [1.165, 1.54) is 0 Å². The number of aromatic nitrogens is 1. The van der Waals surface area contributed by atoms with Crippen LogP contribution in [0.2, 0.25) is 0 Å². The third-order valence-electron chi connectivity index (χ3n) is 4.19. The van der Waals surface area contributed by atoms with E-state index >= 15 is 0 Å². The van der Waals surface area contributed by atoms with Crippen molar-refractivity contribution in [2.75, 3.05) is 23.8 Å². The number of nitrogens with zero attached hydrogens (tertiary/aromatic N) is 1. The van der Waals surface area contributed by atoms with Gasteiger partial charge in [-0.05, 0) is 56.2 Å². The number of nitrogens with one attached hydrogen (secondary N) is 2. The van der Waals surface area contributed by atoms with E-state index in [4.69, 9.17) is 4.74 Å². The Hall–Kier alpha value is -2.73. The molecular formula is C19H21N3O3. The summed E-state index contributed by atoms with van der Waals surface area (Å²) in [6.07, 6.45) is 3.17. The summed E-state index contributed by atoms with van der Waals surface area (Å²) in [4.78, 5) is 27.7. The number of benzene rings is 1. The number of ketones is 1. The lowest BCUT2D eigenvalue weighted by atomic mass is 9.99. The molecule has 0 spiro atoms. The van der Waals surface area contributed by atoms with Crippen LogP contribution in [0, 0.1) is 5.92 Å². The minimum absolute atomic E-state index is 0.00340. The van der Waals surface area contributed by atoms with Crippen molar-refractivity contribution in [3.8, 4) is 0 Å². The molecule has 0 atom stereocenters. The molecule has 1 saturated heterocycles. The molecule has 25 heavy (non-hydrogen) atoms. The smallest absolute Gasteiger partial charge is 0.228 e. The zero-order chi connectivity index (χ0) is 17.6. The van der Waals surface area contributed by atoms with E-state index in [9.17, 15) is 9.59 Å². The second kappa shape index (κ2) is 7.90. The highest BCUT2D eigenvalue weighted by Crippen LogP contribution is 2.20. The fraction of sp³-hybridized carbons (Fsp3) is 0.316. The molecule has 0 unspecified atom stereocenters. The van der Waals surface area contributed by atoms with Gasteiger partial charge in [0.15, 0.2) is 5.78 Å². The standard InChI is InChI=1S/C19H21N3O3/c1-13(23)14-2-4-16(5-3-14)21-17-6-7-18(20-12-17)22-19(24)15-8-10-25-11-9-15/h2-7,12,15,21H,8-11H2,1H3,(H,20,22,24). The highest BCUT2D eigenvalue weighted by Gasteiger charge is 2.21. The van der Waals surface area contributed by atoms with Gasteiger partial charge < -0.3 is 15.4 Å². The molecule has 1 fully saturated rings. The molecule has 6 nitrogen and oxygen atoms in total. The fourth-order valence-electron chi connectivity index (χ4n) is 2.68. The number of anilines is 3. The van der Waals surface area contributed by atoms with Crippen LogP contribution in [0.3, 0.4) is 0 Å². The number of hydrogen-bond acceptors (Lipinski definition) is 5. The van der Waals surface area contributed by atoms with Crippen molar-refractivity contribution in [3.63, 3.8) is 0 Å². The zero-order valence-electron chi connectivity index (χ0n) is 14.1. The average molecular weight is 339 g/mol. The van der Waals surface area contributed by atoms with E-state index in [-0.39, 0.29) is 17.6 Å².